The summed E-state index contributed by atoms with van der Waals surface area (Å²) in [4.78, 5) is 2.42. The van der Waals surface area contributed by atoms with Crippen molar-refractivity contribution >= 4 is 28.7 Å². The standard InChI is InChI=1S/C20H25N3OS/c1-15-3-4-16(2)19(13-15)22-20(25)21-18-7-5-17(6-8-18)14-23-9-11-24-12-10-23/h3-8,13H,9-12,14H2,1-2H3,(H2,21,22,25). The molecule has 3 rings (SSSR count). The molecular formula is C20H25N3OS. The summed E-state index contributed by atoms with van der Waals surface area (Å²) in [5, 5.41) is 7.14. The summed E-state index contributed by atoms with van der Waals surface area (Å²) in [7, 11) is 0. The van der Waals surface area contributed by atoms with E-state index in [1.165, 1.54) is 16.7 Å². The summed E-state index contributed by atoms with van der Waals surface area (Å²) in [6, 6.07) is 14.8. The maximum absolute atomic E-state index is 5.44. The zero-order valence-corrected chi connectivity index (χ0v) is 15.7. The number of anilines is 2. The largest absolute Gasteiger partial charge is 0.379 e. The Hall–Kier alpha value is -1.95. The lowest BCUT2D eigenvalue weighted by atomic mass is 10.1. The number of benzene rings is 2. The molecule has 1 aliphatic rings. The zero-order chi connectivity index (χ0) is 17.6. The number of nitrogens with one attached hydrogen (secondary N) is 2. The van der Waals surface area contributed by atoms with Crippen LogP contribution in [0.5, 0.6) is 0 Å². The summed E-state index contributed by atoms with van der Waals surface area (Å²) >= 11 is 5.44. The van der Waals surface area contributed by atoms with E-state index in [-0.39, 0.29) is 0 Å². The minimum atomic E-state index is 0.606. The molecule has 25 heavy (non-hydrogen) atoms. The van der Waals surface area contributed by atoms with Gasteiger partial charge in [-0.25, -0.2) is 0 Å². The van der Waals surface area contributed by atoms with Gasteiger partial charge in [-0.1, -0.05) is 24.3 Å². The van der Waals surface area contributed by atoms with Gasteiger partial charge in [-0.15, -0.1) is 0 Å². The molecule has 2 N–H and O–H groups in total. The second-order valence-electron chi connectivity index (χ2n) is 6.48. The van der Waals surface area contributed by atoms with Crippen molar-refractivity contribution in [2.75, 3.05) is 36.9 Å². The Morgan fingerprint density at radius 3 is 2.48 bits per heavy atom. The number of aryl methyl sites for hydroxylation is 2. The zero-order valence-electron chi connectivity index (χ0n) is 14.8. The highest BCUT2D eigenvalue weighted by atomic mass is 32.1. The minimum absolute atomic E-state index is 0.606. The second-order valence-corrected chi connectivity index (χ2v) is 6.89. The molecule has 0 radical (unpaired) electrons. The Morgan fingerprint density at radius 1 is 1.04 bits per heavy atom. The van der Waals surface area contributed by atoms with E-state index in [4.69, 9.17) is 17.0 Å². The molecule has 2 aromatic rings. The predicted octanol–water partition coefficient (Wildman–Crippen LogP) is 3.94. The van der Waals surface area contributed by atoms with Crippen molar-refractivity contribution in [3.63, 3.8) is 0 Å². The van der Waals surface area contributed by atoms with Crippen molar-refractivity contribution in [1.29, 1.82) is 0 Å². The first-order valence-electron chi connectivity index (χ1n) is 8.64. The number of rotatable bonds is 4. The first kappa shape index (κ1) is 17.9. The van der Waals surface area contributed by atoms with Gasteiger partial charge in [0.25, 0.3) is 0 Å². The number of nitrogens with zero attached hydrogens (tertiary/aromatic N) is 1. The molecule has 0 amide bonds. The van der Waals surface area contributed by atoms with Gasteiger partial charge in [0.2, 0.25) is 0 Å². The van der Waals surface area contributed by atoms with Crippen LogP contribution in [-0.2, 0) is 11.3 Å². The highest BCUT2D eigenvalue weighted by Crippen LogP contribution is 2.17. The number of hydrogen-bond donors (Lipinski definition) is 2. The summed E-state index contributed by atoms with van der Waals surface area (Å²) in [6.07, 6.45) is 0. The highest BCUT2D eigenvalue weighted by Gasteiger charge is 2.10. The molecule has 1 fully saturated rings. The van der Waals surface area contributed by atoms with Crippen LogP contribution in [-0.4, -0.2) is 36.3 Å². The predicted molar refractivity (Wildman–Crippen MR) is 108 cm³/mol. The van der Waals surface area contributed by atoms with Gasteiger partial charge in [0.15, 0.2) is 5.11 Å². The Balaban J connectivity index is 1.55. The first-order valence-corrected chi connectivity index (χ1v) is 9.05. The lowest BCUT2D eigenvalue weighted by molar-refractivity contribution is 0.0342. The Kier molecular flexibility index (Phi) is 6.02. The maximum atomic E-state index is 5.44. The number of morpholine rings is 1. The summed E-state index contributed by atoms with van der Waals surface area (Å²) in [5.41, 5.74) is 5.73. The van der Waals surface area contributed by atoms with Gasteiger partial charge in [-0.3, -0.25) is 4.90 Å². The molecule has 2 aromatic carbocycles. The monoisotopic (exact) mass is 355 g/mol. The molecule has 4 nitrogen and oxygen atoms in total. The lowest BCUT2D eigenvalue weighted by Gasteiger charge is -2.26. The molecule has 0 spiro atoms. The molecule has 0 saturated carbocycles. The van der Waals surface area contributed by atoms with Gasteiger partial charge < -0.3 is 15.4 Å². The van der Waals surface area contributed by atoms with Crippen molar-refractivity contribution < 1.29 is 4.74 Å². The van der Waals surface area contributed by atoms with Crippen LogP contribution in [0, 0.1) is 13.8 Å². The van der Waals surface area contributed by atoms with Gasteiger partial charge in [-0.05, 0) is 61.0 Å². The fourth-order valence-electron chi connectivity index (χ4n) is 2.87. The molecule has 0 atom stereocenters. The molecule has 0 aromatic heterocycles. The van der Waals surface area contributed by atoms with E-state index in [0.717, 1.165) is 44.2 Å². The van der Waals surface area contributed by atoms with Gasteiger partial charge in [0, 0.05) is 31.0 Å². The van der Waals surface area contributed by atoms with Crippen molar-refractivity contribution in [3.8, 4) is 0 Å². The quantitative estimate of drug-likeness (QED) is 0.813. The average molecular weight is 356 g/mol. The van der Waals surface area contributed by atoms with Gasteiger partial charge >= 0.3 is 0 Å². The molecule has 1 aliphatic heterocycles. The van der Waals surface area contributed by atoms with Crippen molar-refractivity contribution in [1.82, 2.24) is 4.90 Å². The van der Waals surface area contributed by atoms with E-state index in [2.05, 4.69) is 71.8 Å². The molecule has 0 aliphatic carbocycles. The first-order chi connectivity index (χ1) is 12.1. The molecule has 1 heterocycles. The normalized spacial score (nSPS) is 15.0. The molecule has 1 saturated heterocycles. The van der Waals surface area contributed by atoms with E-state index in [0.29, 0.717) is 5.11 Å². The van der Waals surface area contributed by atoms with E-state index in [9.17, 15) is 0 Å². The van der Waals surface area contributed by atoms with Crippen LogP contribution in [0.15, 0.2) is 42.5 Å². The van der Waals surface area contributed by atoms with Crippen LogP contribution in [0.25, 0.3) is 0 Å². The van der Waals surface area contributed by atoms with Crippen molar-refractivity contribution in [2.24, 2.45) is 0 Å². The Labute approximate surface area is 155 Å². The SMILES string of the molecule is Cc1ccc(C)c(NC(=S)Nc2ccc(CN3CCOCC3)cc2)c1. The van der Waals surface area contributed by atoms with Crippen LogP contribution >= 0.6 is 12.2 Å². The van der Waals surface area contributed by atoms with Crippen LogP contribution < -0.4 is 10.6 Å². The summed E-state index contributed by atoms with van der Waals surface area (Å²) in [5.74, 6) is 0. The fourth-order valence-corrected chi connectivity index (χ4v) is 3.09. The van der Waals surface area contributed by atoms with Gasteiger partial charge in [0.1, 0.15) is 0 Å². The van der Waals surface area contributed by atoms with Crippen LogP contribution in [0.3, 0.4) is 0 Å². The van der Waals surface area contributed by atoms with Crippen LogP contribution in [0.4, 0.5) is 11.4 Å². The van der Waals surface area contributed by atoms with Crippen molar-refractivity contribution in [2.45, 2.75) is 20.4 Å². The Morgan fingerprint density at radius 2 is 1.76 bits per heavy atom. The third-order valence-corrected chi connectivity index (χ3v) is 4.57. The smallest absolute Gasteiger partial charge is 0.175 e. The Bertz CT molecular complexity index is 724. The number of ether oxygens (including phenoxy) is 1. The van der Waals surface area contributed by atoms with Crippen LogP contribution in [0.2, 0.25) is 0 Å². The maximum Gasteiger partial charge on any atom is 0.175 e. The minimum Gasteiger partial charge on any atom is -0.379 e. The number of thiocarbonyl (C=S) groups is 1. The lowest BCUT2D eigenvalue weighted by Crippen LogP contribution is -2.35. The summed E-state index contributed by atoms with van der Waals surface area (Å²) < 4.78 is 5.39. The van der Waals surface area contributed by atoms with E-state index < -0.39 is 0 Å². The number of hydrogen-bond acceptors (Lipinski definition) is 3. The van der Waals surface area contributed by atoms with Crippen molar-refractivity contribution in [3.05, 3.63) is 59.2 Å². The molecule has 0 unspecified atom stereocenters. The van der Waals surface area contributed by atoms with E-state index in [1.54, 1.807) is 0 Å². The molecule has 5 heteroatoms. The fraction of sp³-hybridized carbons (Fsp3) is 0.350. The molecule has 132 valence electrons. The van der Waals surface area contributed by atoms with Crippen LogP contribution in [0.1, 0.15) is 16.7 Å². The second kappa shape index (κ2) is 8.43. The summed E-state index contributed by atoms with van der Waals surface area (Å²) in [6.45, 7) is 8.79. The topological polar surface area (TPSA) is 36.5 Å². The van der Waals surface area contributed by atoms with E-state index in [1.807, 2.05) is 0 Å². The van der Waals surface area contributed by atoms with Gasteiger partial charge in [-0.2, -0.15) is 0 Å². The average Bonchev–Trinajstić information content (AvgIpc) is 2.61. The van der Waals surface area contributed by atoms with E-state index >= 15 is 0 Å². The molecular weight excluding hydrogens is 330 g/mol. The highest BCUT2D eigenvalue weighted by molar-refractivity contribution is 7.80. The third kappa shape index (κ3) is 5.26. The van der Waals surface area contributed by atoms with Gasteiger partial charge in [0.05, 0.1) is 13.2 Å². The molecule has 0 bridgehead atoms. The third-order valence-electron chi connectivity index (χ3n) is 4.36.